The van der Waals surface area contributed by atoms with E-state index in [1.165, 1.54) is 89.3 Å². The Hall–Kier alpha value is -1.08. The Morgan fingerprint density at radius 1 is 0.920 bits per heavy atom. The molecule has 25 heavy (non-hydrogen) atoms. The summed E-state index contributed by atoms with van der Waals surface area (Å²) in [6, 6.07) is 9.12. The number of benzene rings is 1. The van der Waals surface area contributed by atoms with Gasteiger partial charge in [-0.3, -0.25) is 4.90 Å². The normalized spacial score (nSPS) is 17.3. The quantitative estimate of drug-likeness (QED) is 0.420. The lowest BCUT2D eigenvalue weighted by molar-refractivity contribution is 0.295. The number of rotatable bonds is 10. The highest BCUT2D eigenvalue weighted by molar-refractivity contribution is 5.70. The van der Waals surface area contributed by atoms with Crippen molar-refractivity contribution in [2.75, 3.05) is 19.6 Å². The van der Waals surface area contributed by atoms with Crippen LogP contribution in [-0.2, 0) is 6.42 Å². The Labute approximate surface area is 156 Å². The summed E-state index contributed by atoms with van der Waals surface area (Å²) in [4.78, 5) is 2.69. The first kappa shape index (κ1) is 20.2. The summed E-state index contributed by atoms with van der Waals surface area (Å²) in [6.45, 7) is 8.25. The van der Waals surface area contributed by atoms with E-state index >= 15 is 0 Å². The van der Waals surface area contributed by atoms with Gasteiger partial charge in [-0.1, -0.05) is 82.7 Å². The second-order valence-corrected chi connectivity index (χ2v) is 7.68. The van der Waals surface area contributed by atoms with E-state index in [0.29, 0.717) is 0 Å². The molecule has 0 saturated heterocycles. The molecular formula is C24H39N. The molecule has 1 aliphatic heterocycles. The zero-order valence-corrected chi connectivity index (χ0v) is 16.7. The number of nitrogens with zero attached hydrogens (tertiary/aromatic N) is 1. The molecule has 0 saturated carbocycles. The van der Waals surface area contributed by atoms with E-state index in [2.05, 4.69) is 49.1 Å². The van der Waals surface area contributed by atoms with Crippen molar-refractivity contribution in [1.29, 1.82) is 0 Å². The molecule has 2 rings (SSSR count). The van der Waals surface area contributed by atoms with Gasteiger partial charge in [0.15, 0.2) is 0 Å². The molecule has 0 N–H and O–H groups in total. The van der Waals surface area contributed by atoms with Gasteiger partial charge in [-0.25, -0.2) is 0 Å². The van der Waals surface area contributed by atoms with Gasteiger partial charge in [0.2, 0.25) is 0 Å². The van der Waals surface area contributed by atoms with Gasteiger partial charge >= 0.3 is 0 Å². The molecule has 0 aliphatic carbocycles. The molecule has 1 heterocycles. The van der Waals surface area contributed by atoms with Crippen molar-refractivity contribution in [3.8, 4) is 0 Å². The van der Waals surface area contributed by atoms with E-state index in [1.54, 1.807) is 11.1 Å². The minimum atomic E-state index is 1.15. The molecule has 0 amide bonds. The molecule has 1 nitrogen and oxygen atoms in total. The average Bonchev–Trinajstić information content (AvgIpc) is 2.62. The SMILES string of the molecule is CCCCCCCC/C=C1/CN(CCCC)CCCc2ccccc21. The maximum atomic E-state index is 2.69. The van der Waals surface area contributed by atoms with Crippen LogP contribution in [0.5, 0.6) is 0 Å². The molecule has 0 bridgehead atoms. The Bertz CT molecular complexity index is 503. The number of allylic oxidation sites excluding steroid dienone is 1. The van der Waals surface area contributed by atoms with Crippen molar-refractivity contribution in [1.82, 2.24) is 4.90 Å². The molecule has 0 spiro atoms. The van der Waals surface area contributed by atoms with Crippen LogP contribution in [0.3, 0.4) is 0 Å². The lowest BCUT2D eigenvalue weighted by Crippen LogP contribution is -2.30. The van der Waals surface area contributed by atoms with Crippen LogP contribution in [0.1, 0.15) is 89.2 Å². The third-order valence-corrected chi connectivity index (χ3v) is 5.45. The summed E-state index contributed by atoms with van der Waals surface area (Å²) < 4.78 is 0. The van der Waals surface area contributed by atoms with Crippen LogP contribution >= 0.6 is 0 Å². The minimum Gasteiger partial charge on any atom is -0.299 e. The first-order chi connectivity index (χ1) is 12.3. The minimum absolute atomic E-state index is 1.15. The average molecular weight is 342 g/mol. The summed E-state index contributed by atoms with van der Waals surface area (Å²) in [5.41, 5.74) is 4.67. The Kier molecular flexibility index (Phi) is 9.96. The smallest absolute Gasteiger partial charge is 0.0236 e. The number of aryl methyl sites for hydroxylation is 1. The van der Waals surface area contributed by atoms with Crippen LogP contribution in [0.4, 0.5) is 0 Å². The highest BCUT2D eigenvalue weighted by Crippen LogP contribution is 2.25. The van der Waals surface area contributed by atoms with Crippen molar-refractivity contribution in [2.24, 2.45) is 0 Å². The largest absolute Gasteiger partial charge is 0.299 e. The van der Waals surface area contributed by atoms with Crippen LogP contribution in [0.2, 0.25) is 0 Å². The van der Waals surface area contributed by atoms with E-state index in [-0.39, 0.29) is 0 Å². The third-order valence-electron chi connectivity index (χ3n) is 5.45. The molecule has 0 fully saturated rings. The Morgan fingerprint density at radius 3 is 2.52 bits per heavy atom. The van der Waals surface area contributed by atoms with Gasteiger partial charge in [0.05, 0.1) is 0 Å². The van der Waals surface area contributed by atoms with E-state index < -0.39 is 0 Å². The lowest BCUT2D eigenvalue weighted by Gasteiger charge is -2.27. The van der Waals surface area contributed by atoms with Crippen LogP contribution in [0, 0.1) is 0 Å². The van der Waals surface area contributed by atoms with Crippen LogP contribution in [0.25, 0.3) is 5.57 Å². The fraction of sp³-hybridized carbons (Fsp3) is 0.667. The van der Waals surface area contributed by atoms with Crippen molar-refractivity contribution in [2.45, 2.75) is 84.5 Å². The molecule has 0 radical (unpaired) electrons. The summed E-state index contributed by atoms with van der Waals surface area (Å²) in [5, 5.41) is 0. The summed E-state index contributed by atoms with van der Waals surface area (Å²) in [6.07, 6.45) is 17.3. The van der Waals surface area contributed by atoms with E-state index in [1.807, 2.05) is 0 Å². The first-order valence-corrected chi connectivity index (χ1v) is 10.8. The highest BCUT2D eigenvalue weighted by Gasteiger charge is 2.15. The van der Waals surface area contributed by atoms with Gasteiger partial charge < -0.3 is 0 Å². The van der Waals surface area contributed by atoms with E-state index in [9.17, 15) is 0 Å². The number of hydrogen-bond donors (Lipinski definition) is 0. The maximum Gasteiger partial charge on any atom is 0.0236 e. The summed E-state index contributed by atoms with van der Waals surface area (Å²) in [7, 11) is 0. The van der Waals surface area contributed by atoms with Crippen LogP contribution < -0.4 is 0 Å². The van der Waals surface area contributed by atoms with Crippen molar-refractivity contribution in [3.63, 3.8) is 0 Å². The molecular weight excluding hydrogens is 302 g/mol. The predicted molar refractivity (Wildman–Crippen MR) is 112 cm³/mol. The topological polar surface area (TPSA) is 3.24 Å². The summed E-state index contributed by atoms with van der Waals surface area (Å²) in [5.74, 6) is 0. The molecule has 1 aromatic rings. The van der Waals surface area contributed by atoms with E-state index in [0.717, 1.165) is 6.54 Å². The number of hydrogen-bond acceptors (Lipinski definition) is 1. The van der Waals surface area contributed by atoms with Crippen molar-refractivity contribution >= 4 is 5.57 Å². The van der Waals surface area contributed by atoms with Crippen molar-refractivity contribution < 1.29 is 0 Å². The molecule has 1 aromatic carbocycles. The predicted octanol–water partition coefficient (Wildman–Crippen LogP) is 6.87. The molecule has 140 valence electrons. The van der Waals surface area contributed by atoms with Gasteiger partial charge in [0.1, 0.15) is 0 Å². The molecule has 0 aromatic heterocycles. The second-order valence-electron chi connectivity index (χ2n) is 7.68. The maximum absolute atomic E-state index is 2.69. The molecule has 1 aliphatic rings. The standard InChI is InChI=1S/C24H39N/c1-3-5-7-8-9-10-11-16-23-21-25(19-6-4-2)20-14-17-22-15-12-13-18-24(22)23/h12-13,15-16,18H,3-11,14,17,19-21H2,1-2H3/b23-16-. The van der Waals surface area contributed by atoms with E-state index in [4.69, 9.17) is 0 Å². The molecule has 1 heteroatoms. The van der Waals surface area contributed by atoms with Gasteiger partial charge in [-0.15, -0.1) is 0 Å². The zero-order valence-electron chi connectivity index (χ0n) is 16.7. The number of fused-ring (bicyclic) bond motifs is 1. The van der Waals surface area contributed by atoms with Crippen LogP contribution in [0.15, 0.2) is 30.3 Å². The number of unbranched alkanes of at least 4 members (excludes halogenated alkanes) is 7. The van der Waals surface area contributed by atoms with Crippen LogP contribution in [-0.4, -0.2) is 24.5 Å². The highest BCUT2D eigenvalue weighted by atomic mass is 15.1. The van der Waals surface area contributed by atoms with Crippen molar-refractivity contribution in [3.05, 3.63) is 41.5 Å². The van der Waals surface area contributed by atoms with Gasteiger partial charge in [0.25, 0.3) is 0 Å². The fourth-order valence-electron chi connectivity index (χ4n) is 3.90. The van der Waals surface area contributed by atoms with Gasteiger partial charge in [-0.05, 0) is 61.9 Å². The first-order valence-electron chi connectivity index (χ1n) is 10.8. The molecule has 0 unspecified atom stereocenters. The monoisotopic (exact) mass is 341 g/mol. The fourth-order valence-corrected chi connectivity index (χ4v) is 3.90. The Balaban J connectivity index is 1.98. The Morgan fingerprint density at radius 2 is 1.68 bits per heavy atom. The lowest BCUT2D eigenvalue weighted by atomic mass is 9.93. The van der Waals surface area contributed by atoms with Gasteiger partial charge in [-0.2, -0.15) is 0 Å². The third kappa shape index (κ3) is 7.36. The zero-order chi connectivity index (χ0) is 17.7. The summed E-state index contributed by atoms with van der Waals surface area (Å²) >= 11 is 0. The second kappa shape index (κ2) is 12.3. The molecule has 0 atom stereocenters. The van der Waals surface area contributed by atoms with Gasteiger partial charge in [0, 0.05) is 6.54 Å².